The average molecular weight is 344 g/mol. The summed E-state index contributed by atoms with van der Waals surface area (Å²) in [5.74, 6) is 1.88. The summed E-state index contributed by atoms with van der Waals surface area (Å²) in [4.78, 5) is 26.1. The van der Waals surface area contributed by atoms with E-state index in [1.165, 1.54) is 0 Å². The summed E-state index contributed by atoms with van der Waals surface area (Å²) in [5, 5.41) is 2.69. The van der Waals surface area contributed by atoms with Gasteiger partial charge in [0.2, 0.25) is 0 Å². The maximum atomic E-state index is 12.7. The molecule has 1 fully saturated rings. The maximum Gasteiger partial charge on any atom is 0.325 e. The van der Waals surface area contributed by atoms with Crippen LogP contribution >= 0.6 is 0 Å². The standard InChI is InChI=1S/C18H20N2O5/c1-12-8-9-15(25-12)18(2)16(21)20(17(22)19-18)10-11-24-14-7-5-4-6-13(14)23-3/h4-9H,10-11H2,1-3H3,(H,19,22). The largest absolute Gasteiger partial charge is 0.493 e. The van der Waals surface area contributed by atoms with Gasteiger partial charge in [-0.3, -0.25) is 9.69 Å². The number of methoxy groups -OCH3 is 1. The van der Waals surface area contributed by atoms with Gasteiger partial charge in [0.15, 0.2) is 17.0 Å². The minimum atomic E-state index is -1.20. The second kappa shape index (κ2) is 6.51. The smallest absolute Gasteiger partial charge is 0.325 e. The van der Waals surface area contributed by atoms with Gasteiger partial charge in [0.25, 0.3) is 5.91 Å². The first kappa shape index (κ1) is 16.9. The van der Waals surface area contributed by atoms with Crippen LogP contribution in [-0.4, -0.2) is 37.1 Å². The molecule has 1 aliphatic rings. The number of imide groups is 1. The lowest BCUT2D eigenvalue weighted by atomic mass is 9.99. The van der Waals surface area contributed by atoms with E-state index in [9.17, 15) is 9.59 Å². The van der Waals surface area contributed by atoms with Crippen molar-refractivity contribution in [2.24, 2.45) is 0 Å². The third kappa shape index (κ3) is 3.05. The topological polar surface area (TPSA) is 81.0 Å². The number of carbonyl (C=O) groups excluding carboxylic acids is 2. The Labute approximate surface area is 145 Å². The Hall–Kier alpha value is -2.96. The Kier molecular flexibility index (Phi) is 4.39. The predicted molar refractivity (Wildman–Crippen MR) is 89.5 cm³/mol. The lowest BCUT2D eigenvalue weighted by Gasteiger charge is -2.19. The van der Waals surface area contributed by atoms with Crippen LogP contribution in [0.25, 0.3) is 0 Å². The Balaban J connectivity index is 1.67. The number of rotatable bonds is 6. The highest BCUT2D eigenvalue weighted by Crippen LogP contribution is 2.30. The molecule has 1 unspecified atom stereocenters. The highest BCUT2D eigenvalue weighted by Gasteiger charge is 2.50. The fourth-order valence-electron chi connectivity index (χ4n) is 2.76. The van der Waals surface area contributed by atoms with Gasteiger partial charge in [-0.2, -0.15) is 0 Å². The van der Waals surface area contributed by atoms with Crippen molar-refractivity contribution in [1.29, 1.82) is 0 Å². The van der Waals surface area contributed by atoms with E-state index in [0.29, 0.717) is 23.0 Å². The number of para-hydroxylation sites is 2. The zero-order valence-electron chi connectivity index (χ0n) is 14.4. The number of ether oxygens (including phenoxy) is 2. The summed E-state index contributed by atoms with van der Waals surface area (Å²) in [6.07, 6.45) is 0. The van der Waals surface area contributed by atoms with Crippen LogP contribution in [0.15, 0.2) is 40.8 Å². The Morgan fingerprint density at radius 3 is 2.52 bits per heavy atom. The molecule has 0 spiro atoms. The fourth-order valence-corrected chi connectivity index (χ4v) is 2.76. The zero-order valence-corrected chi connectivity index (χ0v) is 14.4. The molecular weight excluding hydrogens is 324 g/mol. The summed E-state index contributed by atoms with van der Waals surface area (Å²) in [6.45, 7) is 3.70. The monoisotopic (exact) mass is 344 g/mol. The molecule has 7 heteroatoms. The lowest BCUT2D eigenvalue weighted by Crippen LogP contribution is -2.41. The van der Waals surface area contributed by atoms with Crippen LogP contribution in [0.4, 0.5) is 4.79 Å². The van der Waals surface area contributed by atoms with Crippen LogP contribution in [0.1, 0.15) is 18.4 Å². The van der Waals surface area contributed by atoms with Crippen molar-refractivity contribution in [3.63, 3.8) is 0 Å². The van der Waals surface area contributed by atoms with Crippen LogP contribution in [0.3, 0.4) is 0 Å². The van der Waals surface area contributed by atoms with E-state index in [1.807, 2.05) is 12.1 Å². The number of nitrogens with zero attached hydrogens (tertiary/aromatic N) is 1. The molecule has 2 aromatic rings. The van der Waals surface area contributed by atoms with Crippen LogP contribution in [-0.2, 0) is 10.3 Å². The van der Waals surface area contributed by atoms with Crippen molar-refractivity contribution in [3.05, 3.63) is 47.9 Å². The van der Waals surface area contributed by atoms with Gasteiger partial charge in [0.1, 0.15) is 18.1 Å². The summed E-state index contributed by atoms with van der Waals surface area (Å²) >= 11 is 0. The molecule has 1 aromatic carbocycles. The van der Waals surface area contributed by atoms with Crippen LogP contribution < -0.4 is 14.8 Å². The molecular formula is C18H20N2O5. The van der Waals surface area contributed by atoms with Crippen molar-refractivity contribution < 1.29 is 23.5 Å². The predicted octanol–water partition coefficient (Wildman–Crippen LogP) is 2.44. The number of urea groups is 1. The molecule has 2 heterocycles. The van der Waals surface area contributed by atoms with Crippen LogP contribution in [0.2, 0.25) is 0 Å². The molecule has 7 nitrogen and oxygen atoms in total. The SMILES string of the molecule is COc1ccccc1OCCN1C(=O)NC(C)(c2ccc(C)o2)C1=O. The number of aryl methyl sites for hydroxylation is 1. The van der Waals surface area contributed by atoms with Gasteiger partial charge < -0.3 is 19.2 Å². The molecule has 0 saturated carbocycles. The van der Waals surface area contributed by atoms with E-state index >= 15 is 0 Å². The van der Waals surface area contributed by atoms with Gasteiger partial charge in [-0.15, -0.1) is 0 Å². The molecule has 132 valence electrons. The third-order valence-electron chi connectivity index (χ3n) is 4.15. The maximum absolute atomic E-state index is 12.7. The Morgan fingerprint density at radius 2 is 1.88 bits per heavy atom. The number of amides is 3. The van der Waals surface area contributed by atoms with Crippen LogP contribution in [0, 0.1) is 6.92 Å². The van der Waals surface area contributed by atoms with Gasteiger partial charge in [0.05, 0.1) is 13.7 Å². The third-order valence-corrected chi connectivity index (χ3v) is 4.15. The van der Waals surface area contributed by atoms with E-state index in [4.69, 9.17) is 13.9 Å². The highest BCUT2D eigenvalue weighted by molar-refractivity contribution is 6.06. The van der Waals surface area contributed by atoms with E-state index < -0.39 is 11.6 Å². The summed E-state index contributed by atoms with van der Waals surface area (Å²) in [7, 11) is 1.55. The Bertz CT molecular complexity index is 800. The van der Waals surface area contributed by atoms with Crippen LogP contribution in [0.5, 0.6) is 11.5 Å². The molecule has 3 amide bonds. The van der Waals surface area contributed by atoms with Crippen molar-refractivity contribution >= 4 is 11.9 Å². The molecule has 0 aliphatic carbocycles. The second-order valence-electron chi connectivity index (χ2n) is 5.92. The first-order chi connectivity index (χ1) is 12.0. The van der Waals surface area contributed by atoms with E-state index in [0.717, 1.165) is 4.90 Å². The molecule has 1 aromatic heterocycles. The zero-order chi connectivity index (χ0) is 18.0. The molecule has 3 rings (SSSR count). The summed E-state index contributed by atoms with van der Waals surface area (Å²) in [5.41, 5.74) is -1.20. The van der Waals surface area contributed by atoms with Gasteiger partial charge >= 0.3 is 6.03 Å². The van der Waals surface area contributed by atoms with Crippen molar-refractivity contribution in [2.75, 3.05) is 20.3 Å². The molecule has 1 atom stereocenters. The number of hydrogen-bond acceptors (Lipinski definition) is 5. The second-order valence-corrected chi connectivity index (χ2v) is 5.92. The molecule has 1 aliphatic heterocycles. The van der Waals surface area contributed by atoms with Crippen molar-refractivity contribution in [2.45, 2.75) is 19.4 Å². The Morgan fingerprint density at radius 1 is 1.16 bits per heavy atom. The number of furan rings is 1. The van der Waals surface area contributed by atoms with Gasteiger partial charge in [-0.25, -0.2) is 4.79 Å². The number of nitrogens with one attached hydrogen (secondary N) is 1. The molecule has 1 N–H and O–H groups in total. The normalized spacial score (nSPS) is 19.9. The molecule has 25 heavy (non-hydrogen) atoms. The van der Waals surface area contributed by atoms with Gasteiger partial charge in [-0.1, -0.05) is 12.1 Å². The fraction of sp³-hybridized carbons (Fsp3) is 0.333. The van der Waals surface area contributed by atoms with Gasteiger partial charge in [-0.05, 0) is 38.1 Å². The minimum absolute atomic E-state index is 0.123. The first-order valence-corrected chi connectivity index (χ1v) is 7.92. The number of hydrogen-bond donors (Lipinski definition) is 1. The molecule has 0 radical (unpaired) electrons. The van der Waals surface area contributed by atoms with Crippen molar-refractivity contribution in [1.82, 2.24) is 10.2 Å². The quantitative estimate of drug-likeness (QED) is 0.814. The summed E-state index contributed by atoms with van der Waals surface area (Å²) < 4.78 is 16.4. The minimum Gasteiger partial charge on any atom is -0.493 e. The van der Waals surface area contributed by atoms with E-state index in [-0.39, 0.29) is 19.1 Å². The first-order valence-electron chi connectivity index (χ1n) is 7.92. The van der Waals surface area contributed by atoms with Gasteiger partial charge in [0, 0.05) is 0 Å². The van der Waals surface area contributed by atoms with E-state index in [1.54, 1.807) is 45.2 Å². The number of carbonyl (C=O) groups is 2. The number of benzene rings is 1. The summed E-state index contributed by atoms with van der Waals surface area (Å²) in [6, 6.07) is 10.2. The lowest BCUT2D eigenvalue weighted by molar-refractivity contribution is -0.131. The molecule has 1 saturated heterocycles. The molecule has 0 bridgehead atoms. The average Bonchev–Trinajstić information content (AvgIpc) is 3.13. The highest BCUT2D eigenvalue weighted by atomic mass is 16.5. The van der Waals surface area contributed by atoms with Crippen molar-refractivity contribution in [3.8, 4) is 11.5 Å². The van der Waals surface area contributed by atoms with E-state index in [2.05, 4.69) is 5.32 Å².